The second-order valence-electron chi connectivity index (χ2n) is 15.9. The summed E-state index contributed by atoms with van der Waals surface area (Å²) in [7, 11) is 3.75. The Morgan fingerprint density at radius 1 is 0.588 bits per heavy atom. The van der Waals surface area contributed by atoms with Gasteiger partial charge in [0.1, 0.15) is 34.2 Å². The van der Waals surface area contributed by atoms with Gasteiger partial charge in [-0.15, -0.1) is 0 Å². The predicted molar refractivity (Wildman–Crippen MR) is 247 cm³/mol. The van der Waals surface area contributed by atoms with Gasteiger partial charge in [-0.05, 0) is 96.1 Å². The van der Waals surface area contributed by atoms with Crippen molar-refractivity contribution in [3.63, 3.8) is 0 Å². The number of hydrogen-bond acceptors (Lipinski definition) is 12. The number of fused-ring (bicyclic) bond motifs is 4. The summed E-state index contributed by atoms with van der Waals surface area (Å²) in [6.07, 6.45) is 0. The minimum absolute atomic E-state index is 0.00120. The van der Waals surface area contributed by atoms with E-state index in [9.17, 15) is 49.2 Å². The number of phenols is 1. The Morgan fingerprint density at radius 2 is 1.21 bits per heavy atom. The average molecular weight is 913 g/mol. The second kappa shape index (κ2) is 17.1. The van der Waals surface area contributed by atoms with Crippen molar-refractivity contribution in [2.75, 3.05) is 19.0 Å². The fraction of sp³-hybridized carbons (Fsp3) is 0.0784. The summed E-state index contributed by atoms with van der Waals surface area (Å²) in [5.74, 6) is -5.29. The van der Waals surface area contributed by atoms with Gasteiger partial charge in [0.2, 0.25) is 0 Å². The molecule has 68 heavy (non-hydrogen) atoms. The number of benzene rings is 6. The lowest BCUT2D eigenvalue weighted by molar-refractivity contribution is 0.0682. The van der Waals surface area contributed by atoms with Crippen LogP contribution >= 0.6 is 0 Å². The molecule has 4 aromatic carbocycles. The van der Waals surface area contributed by atoms with Crippen LogP contribution in [0.5, 0.6) is 5.75 Å². The van der Waals surface area contributed by atoms with Crippen molar-refractivity contribution >= 4 is 57.3 Å². The molecule has 4 aliphatic rings. The quantitative estimate of drug-likeness (QED) is 0.0575. The molecule has 0 atom stereocenters. The molecule has 17 nitrogen and oxygen atoms in total. The number of aromatic carboxylic acids is 3. The van der Waals surface area contributed by atoms with Gasteiger partial charge in [0.25, 0.3) is 11.8 Å². The van der Waals surface area contributed by atoms with Crippen LogP contribution in [0.1, 0.15) is 63.3 Å². The Kier molecular flexibility index (Phi) is 11.0. The van der Waals surface area contributed by atoms with Crippen molar-refractivity contribution in [3.05, 3.63) is 170 Å². The summed E-state index contributed by atoms with van der Waals surface area (Å²) in [6.45, 7) is -0.542. The summed E-state index contributed by atoms with van der Waals surface area (Å²) < 4.78 is 18.1. The highest BCUT2D eigenvalue weighted by atomic mass is 16.4. The minimum atomic E-state index is -1.41. The number of carbonyl (C=O) groups excluding carboxylic acids is 2. The van der Waals surface area contributed by atoms with Crippen LogP contribution in [0.3, 0.4) is 0 Å². The summed E-state index contributed by atoms with van der Waals surface area (Å²) in [5, 5.41) is 55.8. The summed E-state index contributed by atoms with van der Waals surface area (Å²) in [5.41, 5.74) is 2.39. The highest BCUT2D eigenvalue weighted by Crippen LogP contribution is 2.45. The van der Waals surface area contributed by atoms with E-state index in [4.69, 9.17) is 18.7 Å². The standard InChI is InChI=1S/C51H36N4O13/c1-55(2)27-6-12-33-42(20-27)67-41-19-26(52)5-11-32(41)44(33)30-9-3-24(17-36(30)50(62)63)47(58)53-22-29-8-16-40(66-29)48(59)54-23-38-39(57)15-14-35-45(34-13-7-28(56)21-43(34)68-46(35)38)31-10-4-25(49(60)61)18-37(31)51(64)65/h3-21,52,57H,22-23H2,1-2H3,(H,53,58)(H,54,59)(H,60,61)(H,62,63)(H,64,65). The monoisotopic (exact) mass is 912 g/mol. The Morgan fingerprint density at radius 3 is 1.90 bits per heavy atom. The Balaban J connectivity index is 0.958. The van der Waals surface area contributed by atoms with E-state index in [1.807, 2.05) is 37.2 Å². The van der Waals surface area contributed by atoms with E-state index in [1.165, 1.54) is 66.7 Å². The number of aromatic hydroxyl groups is 1. The average Bonchev–Trinajstić information content (AvgIpc) is 3.80. The van der Waals surface area contributed by atoms with Crippen LogP contribution in [0, 0.1) is 5.41 Å². The number of nitrogens with one attached hydrogen (secondary N) is 3. The zero-order chi connectivity index (χ0) is 48.1. The number of furan rings is 1. The first-order chi connectivity index (χ1) is 32.6. The summed E-state index contributed by atoms with van der Waals surface area (Å²) in [6, 6.07) is 27.8. The molecule has 2 amide bonds. The number of anilines is 1. The lowest BCUT2D eigenvalue weighted by atomic mass is 9.89. The van der Waals surface area contributed by atoms with Crippen LogP contribution in [-0.2, 0) is 13.1 Å². The third kappa shape index (κ3) is 8.00. The van der Waals surface area contributed by atoms with E-state index < -0.39 is 35.2 Å². The number of carboxylic acid groups (broad SMARTS) is 3. The van der Waals surface area contributed by atoms with Gasteiger partial charge < -0.3 is 54.6 Å². The van der Waals surface area contributed by atoms with Gasteiger partial charge in [-0.1, -0.05) is 12.1 Å². The highest BCUT2D eigenvalue weighted by molar-refractivity contribution is 6.11. The maximum absolute atomic E-state index is 13.5. The molecule has 9 rings (SSSR count). The fourth-order valence-electron chi connectivity index (χ4n) is 8.16. The molecule has 7 N–H and O–H groups in total. The fourth-order valence-corrected chi connectivity index (χ4v) is 8.16. The van der Waals surface area contributed by atoms with Gasteiger partial charge in [-0.25, -0.2) is 14.4 Å². The Hall–Kier alpha value is -9.51. The van der Waals surface area contributed by atoms with Gasteiger partial charge in [-0.2, -0.15) is 0 Å². The number of hydrogen-bond donors (Lipinski definition) is 7. The van der Waals surface area contributed by atoms with Gasteiger partial charge in [0.05, 0.1) is 40.7 Å². The number of rotatable bonds is 12. The molecule has 338 valence electrons. The van der Waals surface area contributed by atoms with Gasteiger partial charge in [-0.3, -0.25) is 14.4 Å². The lowest BCUT2D eigenvalue weighted by Crippen LogP contribution is -2.23. The first-order valence-corrected chi connectivity index (χ1v) is 20.6. The van der Waals surface area contributed by atoms with E-state index in [1.54, 1.807) is 24.3 Å². The predicted octanol–water partition coefficient (Wildman–Crippen LogP) is 7.88. The molecule has 0 saturated carbocycles. The van der Waals surface area contributed by atoms with Gasteiger partial charge in [0.15, 0.2) is 11.2 Å². The molecule has 0 radical (unpaired) electrons. The summed E-state index contributed by atoms with van der Waals surface area (Å²) in [4.78, 5) is 78.2. The minimum Gasteiger partial charge on any atom is -0.507 e. The number of nitrogens with zero attached hydrogens (tertiary/aromatic N) is 1. The van der Waals surface area contributed by atoms with E-state index >= 15 is 0 Å². The molecule has 17 heteroatoms. The molecular formula is C51H36N4O13. The largest absolute Gasteiger partial charge is 0.507 e. The van der Waals surface area contributed by atoms with Crippen molar-refractivity contribution < 1.29 is 57.7 Å². The van der Waals surface area contributed by atoms with Crippen LogP contribution in [0.2, 0.25) is 0 Å². The first kappa shape index (κ1) is 43.7. The topological polar surface area (TPSA) is 274 Å². The lowest BCUT2D eigenvalue weighted by Gasteiger charge is -2.19. The molecule has 0 unspecified atom stereocenters. The number of phenolic OH excluding ortho intramolecular Hbond substituents is 1. The van der Waals surface area contributed by atoms with Crippen LogP contribution < -0.4 is 26.3 Å². The molecule has 0 saturated heterocycles. The van der Waals surface area contributed by atoms with E-state index in [2.05, 4.69) is 10.6 Å². The van der Waals surface area contributed by atoms with Crippen LogP contribution in [0.25, 0.3) is 66.8 Å². The number of carboxylic acids is 3. The van der Waals surface area contributed by atoms with Crippen molar-refractivity contribution in [3.8, 4) is 50.7 Å². The molecular weight excluding hydrogens is 877 g/mol. The van der Waals surface area contributed by atoms with Crippen LogP contribution in [0.4, 0.5) is 5.69 Å². The van der Waals surface area contributed by atoms with Gasteiger partial charge >= 0.3 is 17.9 Å². The molecule has 1 aromatic heterocycles. The molecule has 2 aliphatic heterocycles. The van der Waals surface area contributed by atoms with E-state index in [0.717, 1.165) is 11.8 Å². The molecule has 0 bridgehead atoms. The SMILES string of the molecule is CN(C)c1ccc2c(-c3ccc(C(=O)NCc4ccc(C(=O)NCc5c(O)ccc6c(-c7ccc(C(=O)O)cc7C(=O)O)c7ccc(=O)cc-7oc56)o4)cc3C(=O)O)c3ccc(=N)cc-3oc2c1. The number of amides is 2. The molecule has 0 fully saturated rings. The van der Waals surface area contributed by atoms with Crippen LogP contribution in [-0.4, -0.2) is 64.2 Å². The first-order valence-electron chi connectivity index (χ1n) is 20.6. The molecule has 3 heterocycles. The molecule has 0 spiro atoms. The second-order valence-corrected chi connectivity index (χ2v) is 15.9. The van der Waals surface area contributed by atoms with E-state index in [0.29, 0.717) is 39.0 Å². The Bertz CT molecular complexity index is 3660. The zero-order valence-electron chi connectivity index (χ0n) is 35.8. The smallest absolute Gasteiger partial charge is 0.336 e. The Labute approximate surface area is 382 Å². The van der Waals surface area contributed by atoms with E-state index in [-0.39, 0.29) is 91.4 Å². The maximum Gasteiger partial charge on any atom is 0.336 e. The van der Waals surface area contributed by atoms with Crippen molar-refractivity contribution in [2.24, 2.45) is 0 Å². The number of carbonyl (C=O) groups is 5. The zero-order valence-corrected chi connectivity index (χ0v) is 35.8. The summed E-state index contributed by atoms with van der Waals surface area (Å²) >= 11 is 0. The van der Waals surface area contributed by atoms with Gasteiger partial charge in [0, 0.05) is 76.6 Å². The van der Waals surface area contributed by atoms with Crippen LogP contribution in [0.15, 0.2) is 133 Å². The normalized spacial score (nSPS) is 11.3. The van der Waals surface area contributed by atoms with Crippen molar-refractivity contribution in [1.82, 2.24) is 10.6 Å². The highest BCUT2D eigenvalue weighted by Gasteiger charge is 2.27. The third-order valence-corrected chi connectivity index (χ3v) is 11.4. The van der Waals surface area contributed by atoms with Crippen molar-refractivity contribution in [1.29, 1.82) is 5.41 Å². The third-order valence-electron chi connectivity index (χ3n) is 11.4. The maximum atomic E-state index is 13.5. The van der Waals surface area contributed by atoms with Crippen molar-refractivity contribution in [2.45, 2.75) is 13.1 Å². The molecule has 2 aliphatic carbocycles. The molecule has 5 aromatic rings.